The van der Waals surface area contributed by atoms with Crippen molar-refractivity contribution >= 4 is 5.91 Å². The lowest BCUT2D eigenvalue weighted by Gasteiger charge is -2.34. The summed E-state index contributed by atoms with van der Waals surface area (Å²) >= 11 is 0. The maximum Gasteiger partial charge on any atom is 0.251 e. The number of carbonyl (C=O) groups excluding carboxylic acids is 1. The minimum Gasteiger partial charge on any atom is -0.352 e. The molecule has 0 aromatic heterocycles. The van der Waals surface area contributed by atoms with Crippen LogP contribution in [0.3, 0.4) is 0 Å². The van der Waals surface area contributed by atoms with Crippen molar-refractivity contribution < 1.29 is 12.4 Å². The Morgan fingerprint density at radius 2 is 1.60 bits per heavy atom. The summed E-state index contributed by atoms with van der Waals surface area (Å²) in [6, 6.07) is 27.7. The second-order valence-corrected chi connectivity index (χ2v) is 10.4. The summed E-state index contributed by atoms with van der Waals surface area (Å²) in [5, 5.41) is 6.80. The van der Waals surface area contributed by atoms with Crippen molar-refractivity contribution in [2.45, 2.75) is 65.0 Å². The van der Waals surface area contributed by atoms with Gasteiger partial charge < -0.3 is 10.6 Å². The van der Waals surface area contributed by atoms with Gasteiger partial charge in [-0.3, -0.25) is 9.50 Å². The predicted molar refractivity (Wildman–Crippen MR) is 149 cm³/mol. The quantitative estimate of drug-likeness (QED) is 0.314. The van der Waals surface area contributed by atoms with Crippen LogP contribution in [0.25, 0.3) is 11.1 Å². The van der Waals surface area contributed by atoms with Gasteiger partial charge in [0.2, 0.25) is 0 Å². The Morgan fingerprint density at radius 3 is 2.31 bits per heavy atom. The molecule has 0 unspecified atom stereocenters. The van der Waals surface area contributed by atoms with Crippen molar-refractivity contribution in [1.82, 2.24) is 10.6 Å². The fraction of sp³-hybridized carbons (Fsp3) is 0.387. The molecule has 0 saturated heterocycles. The fourth-order valence-corrected chi connectivity index (χ4v) is 4.76. The van der Waals surface area contributed by atoms with Crippen LogP contribution >= 0.6 is 0 Å². The molecule has 190 valence electrons. The van der Waals surface area contributed by atoms with Crippen molar-refractivity contribution in [3.8, 4) is 11.1 Å². The van der Waals surface area contributed by atoms with Crippen LogP contribution in [0.5, 0.6) is 0 Å². The van der Waals surface area contributed by atoms with E-state index in [-0.39, 0.29) is 13.5 Å². The molecule has 0 bridgehead atoms. The smallest absolute Gasteiger partial charge is 0.251 e. The van der Waals surface area contributed by atoms with Crippen molar-refractivity contribution in [3.63, 3.8) is 0 Å². The number of aryl methyl sites for hydroxylation is 1. The van der Waals surface area contributed by atoms with Gasteiger partial charge in [-0.15, -0.1) is 0 Å². The van der Waals surface area contributed by atoms with Gasteiger partial charge >= 0.3 is 0 Å². The van der Waals surface area contributed by atoms with Crippen LogP contribution in [-0.2, 0) is 13.0 Å². The van der Waals surface area contributed by atoms with Crippen molar-refractivity contribution in [2.24, 2.45) is 5.41 Å². The van der Waals surface area contributed by atoms with E-state index in [1.807, 2.05) is 24.3 Å². The number of benzene rings is 3. The molecule has 4 heteroatoms. The molecule has 1 aliphatic carbocycles. The zero-order valence-electron chi connectivity index (χ0n) is 21.1. The summed E-state index contributed by atoms with van der Waals surface area (Å²) in [5.74, 6) is -0.00797. The number of halogens is 1. The van der Waals surface area contributed by atoms with E-state index in [0.29, 0.717) is 23.6 Å². The molecule has 1 saturated carbocycles. The van der Waals surface area contributed by atoms with Crippen LogP contribution in [0.1, 0.15) is 70.3 Å². The van der Waals surface area contributed by atoms with Crippen LogP contribution in [0.15, 0.2) is 78.9 Å². The lowest BCUT2D eigenvalue weighted by molar-refractivity contribution is 0.0953. The van der Waals surface area contributed by atoms with Crippen molar-refractivity contribution in [2.75, 3.05) is 6.54 Å². The lowest BCUT2D eigenvalue weighted by Crippen LogP contribution is -2.35. The average Bonchev–Trinajstić information content (AvgIpc) is 2.87. The molecular weight excluding hydrogens is 435 g/mol. The van der Waals surface area contributed by atoms with E-state index in [9.17, 15) is 4.79 Å². The number of hydrogen-bond acceptors (Lipinski definition) is 2. The first-order valence-corrected chi connectivity index (χ1v) is 12.7. The number of rotatable bonds is 9. The normalized spacial score (nSPS) is 15.3. The van der Waals surface area contributed by atoms with E-state index >= 15 is 0 Å². The van der Waals surface area contributed by atoms with Gasteiger partial charge in [0.05, 0.1) is 0 Å². The minimum atomic E-state index is -0.00797. The molecule has 1 aliphatic rings. The Balaban J connectivity index is 0.00000228. The van der Waals surface area contributed by atoms with Crippen molar-refractivity contribution in [1.29, 1.82) is 0 Å². The summed E-state index contributed by atoms with van der Waals surface area (Å²) in [5.41, 5.74) is 6.05. The Bertz CT molecular complexity index is 1060. The van der Waals surface area contributed by atoms with E-state index in [4.69, 9.17) is 0 Å². The molecule has 0 spiro atoms. The summed E-state index contributed by atoms with van der Waals surface area (Å²) in [6.07, 6.45) is 7.06. The Kier molecular flexibility index (Phi) is 9.62. The largest absolute Gasteiger partial charge is 0.352 e. The SMILES string of the molecule is CC1(C)CCC(NCc2ccc(-c3cccc(C(=O)NCCCc4ccccc4)c3)cc2)CC1.F.[HH].[HH]. The zero-order valence-corrected chi connectivity index (χ0v) is 21.1. The highest BCUT2D eigenvalue weighted by atomic mass is 19.0. The van der Waals surface area contributed by atoms with Gasteiger partial charge in [0.25, 0.3) is 5.91 Å². The highest BCUT2D eigenvalue weighted by Gasteiger charge is 2.26. The third kappa shape index (κ3) is 8.03. The predicted octanol–water partition coefficient (Wildman–Crippen LogP) is 7.42. The van der Waals surface area contributed by atoms with Crippen molar-refractivity contribution in [3.05, 3.63) is 95.6 Å². The topological polar surface area (TPSA) is 41.1 Å². The number of nitrogens with one attached hydrogen (secondary N) is 2. The third-order valence-corrected chi connectivity index (χ3v) is 7.12. The highest BCUT2D eigenvalue weighted by Crippen LogP contribution is 2.35. The summed E-state index contributed by atoms with van der Waals surface area (Å²) < 4.78 is 0. The number of amides is 1. The van der Waals surface area contributed by atoms with Crippen LogP contribution in [0.2, 0.25) is 0 Å². The van der Waals surface area contributed by atoms with E-state index in [0.717, 1.165) is 30.5 Å². The van der Waals surface area contributed by atoms with E-state index in [1.165, 1.54) is 36.8 Å². The highest BCUT2D eigenvalue weighted by molar-refractivity contribution is 5.95. The van der Waals surface area contributed by atoms with Gasteiger partial charge in [-0.05, 0) is 78.3 Å². The zero-order chi connectivity index (χ0) is 23.8. The van der Waals surface area contributed by atoms with Gasteiger partial charge in [-0.2, -0.15) is 0 Å². The summed E-state index contributed by atoms with van der Waals surface area (Å²) in [6.45, 7) is 6.36. The number of carbonyl (C=O) groups is 1. The Labute approximate surface area is 212 Å². The Morgan fingerprint density at radius 1 is 0.886 bits per heavy atom. The summed E-state index contributed by atoms with van der Waals surface area (Å²) in [4.78, 5) is 12.6. The first kappa shape index (κ1) is 26.6. The molecule has 1 fully saturated rings. The van der Waals surface area contributed by atoms with Gasteiger partial charge in [-0.1, -0.05) is 80.6 Å². The standard InChI is InChI=1S/C31H38N2O.FH.2H2/c1-31(2)19-17-29(18-20-31)33-23-25-13-15-26(16-14-25)27-11-6-12-28(22-27)30(34)32-21-7-10-24-8-4-3-5-9-24;;;/h3-6,8-9,11-16,22,29,33H,7,10,17-21,23H2,1-2H3,(H,32,34);3*1H. The van der Waals surface area contributed by atoms with Gasteiger partial charge in [0.1, 0.15) is 0 Å². The molecule has 0 heterocycles. The van der Waals surface area contributed by atoms with Gasteiger partial charge in [0.15, 0.2) is 0 Å². The molecule has 4 rings (SSSR count). The molecule has 0 atom stereocenters. The molecular formula is C31H43FN2O. The van der Waals surface area contributed by atoms with Gasteiger partial charge in [-0.25, -0.2) is 0 Å². The minimum absolute atomic E-state index is 0. The molecule has 3 aromatic rings. The number of hydrogen-bond donors (Lipinski definition) is 2. The first-order valence-electron chi connectivity index (χ1n) is 12.7. The second kappa shape index (κ2) is 12.6. The maximum atomic E-state index is 12.6. The first-order chi connectivity index (χ1) is 16.5. The van der Waals surface area contributed by atoms with Gasteiger partial charge in [0, 0.05) is 27.5 Å². The molecule has 3 aromatic carbocycles. The average molecular weight is 479 g/mol. The molecule has 1 amide bonds. The Hall–Kier alpha value is -2.98. The molecule has 0 aliphatic heterocycles. The summed E-state index contributed by atoms with van der Waals surface area (Å²) in [7, 11) is 0. The van der Waals surface area contributed by atoms with Crippen LogP contribution < -0.4 is 10.6 Å². The molecule has 0 radical (unpaired) electrons. The van der Waals surface area contributed by atoms with E-state index in [2.05, 4.69) is 79.1 Å². The van der Waals surface area contributed by atoms with E-state index in [1.54, 1.807) is 0 Å². The molecule has 35 heavy (non-hydrogen) atoms. The van der Waals surface area contributed by atoms with E-state index < -0.39 is 0 Å². The second-order valence-electron chi connectivity index (χ2n) is 10.4. The third-order valence-electron chi connectivity index (χ3n) is 7.12. The van der Waals surface area contributed by atoms with Crippen LogP contribution in [-0.4, -0.2) is 18.5 Å². The fourth-order valence-electron chi connectivity index (χ4n) is 4.76. The van der Waals surface area contributed by atoms with Crippen LogP contribution in [0.4, 0.5) is 4.70 Å². The molecule has 3 nitrogen and oxygen atoms in total. The lowest BCUT2D eigenvalue weighted by atomic mass is 9.75. The molecule has 2 N–H and O–H groups in total. The van der Waals surface area contributed by atoms with Crippen LogP contribution in [0, 0.1) is 5.41 Å². The maximum absolute atomic E-state index is 12.6. The monoisotopic (exact) mass is 478 g/mol.